The van der Waals surface area contributed by atoms with E-state index >= 15 is 0 Å². The molecule has 0 aromatic heterocycles. The van der Waals surface area contributed by atoms with Crippen LogP contribution in [0, 0.1) is 0 Å². The smallest absolute Gasteiger partial charge is 0.252 e. The molecule has 0 unspecified atom stereocenters. The van der Waals surface area contributed by atoms with Gasteiger partial charge in [0.2, 0.25) is 0 Å². The summed E-state index contributed by atoms with van der Waals surface area (Å²) < 4.78 is 0. The summed E-state index contributed by atoms with van der Waals surface area (Å²) in [6.45, 7) is 9.54. The molecular formula is C20H32ClN5O. The Balaban J connectivity index is 1.76. The van der Waals surface area contributed by atoms with Crippen LogP contribution >= 0.6 is 11.6 Å². The summed E-state index contributed by atoms with van der Waals surface area (Å²) in [6.07, 6.45) is 3.48. The van der Waals surface area contributed by atoms with Crippen molar-refractivity contribution in [2.45, 2.75) is 39.2 Å². The molecule has 0 spiro atoms. The van der Waals surface area contributed by atoms with Crippen LogP contribution in [0.5, 0.6) is 0 Å². The van der Waals surface area contributed by atoms with Crippen molar-refractivity contribution in [1.29, 1.82) is 0 Å². The van der Waals surface area contributed by atoms with E-state index in [2.05, 4.69) is 39.7 Å². The molecule has 150 valence electrons. The highest BCUT2D eigenvalue weighted by atomic mass is 35.5. The Morgan fingerprint density at radius 1 is 1.22 bits per heavy atom. The minimum absolute atomic E-state index is 0.169. The summed E-state index contributed by atoms with van der Waals surface area (Å²) in [6, 6.07) is 7.50. The Morgan fingerprint density at radius 2 is 1.96 bits per heavy atom. The maximum atomic E-state index is 12.2. The molecule has 0 bridgehead atoms. The number of likely N-dealkylation sites (tertiary alicyclic amines) is 1. The molecule has 7 heteroatoms. The van der Waals surface area contributed by atoms with Gasteiger partial charge in [-0.3, -0.25) is 9.79 Å². The molecule has 0 radical (unpaired) electrons. The fraction of sp³-hybridized carbons (Fsp3) is 0.600. The molecule has 1 heterocycles. The van der Waals surface area contributed by atoms with E-state index in [-0.39, 0.29) is 5.91 Å². The van der Waals surface area contributed by atoms with Gasteiger partial charge in [0.1, 0.15) is 0 Å². The second-order valence-corrected chi connectivity index (χ2v) is 7.16. The van der Waals surface area contributed by atoms with Crippen molar-refractivity contribution >= 4 is 23.5 Å². The van der Waals surface area contributed by atoms with Crippen LogP contribution in [0.3, 0.4) is 0 Å². The zero-order valence-electron chi connectivity index (χ0n) is 16.4. The average molecular weight is 394 g/mol. The number of benzene rings is 1. The third kappa shape index (κ3) is 7.39. The van der Waals surface area contributed by atoms with Gasteiger partial charge in [-0.2, -0.15) is 0 Å². The van der Waals surface area contributed by atoms with E-state index in [1.807, 2.05) is 6.07 Å². The van der Waals surface area contributed by atoms with E-state index in [1.54, 1.807) is 18.2 Å². The molecule has 2 rings (SSSR count). The van der Waals surface area contributed by atoms with Crippen LogP contribution in [0.25, 0.3) is 0 Å². The normalized spacial score (nSPS) is 16.2. The highest BCUT2D eigenvalue weighted by Crippen LogP contribution is 2.14. The molecule has 1 fully saturated rings. The van der Waals surface area contributed by atoms with Gasteiger partial charge in [-0.1, -0.05) is 30.7 Å². The number of hydrogen-bond donors (Lipinski definition) is 3. The van der Waals surface area contributed by atoms with Gasteiger partial charge >= 0.3 is 0 Å². The molecule has 1 aromatic rings. The van der Waals surface area contributed by atoms with Crippen LogP contribution in [-0.4, -0.2) is 62.1 Å². The molecule has 1 aliphatic heterocycles. The number of carbonyl (C=O) groups is 1. The van der Waals surface area contributed by atoms with E-state index in [0.29, 0.717) is 29.7 Å². The molecule has 6 nitrogen and oxygen atoms in total. The fourth-order valence-corrected chi connectivity index (χ4v) is 3.43. The monoisotopic (exact) mass is 393 g/mol. The van der Waals surface area contributed by atoms with Gasteiger partial charge in [-0.15, -0.1) is 0 Å². The minimum Gasteiger partial charge on any atom is -0.357 e. The first-order chi connectivity index (χ1) is 13.1. The first-order valence-corrected chi connectivity index (χ1v) is 10.3. The standard InChI is InChI=1S/C20H32ClN5O/c1-3-13-26-14-9-16(10-15-26)25-20(22-4-2)24-12-11-23-19(27)17-7-5-6-8-18(17)21/h5-8,16H,3-4,9-15H2,1-2H3,(H,23,27)(H2,22,24,25). The Hall–Kier alpha value is -1.79. The number of amides is 1. The lowest BCUT2D eigenvalue weighted by Gasteiger charge is -2.32. The van der Waals surface area contributed by atoms with E-state index in [1.165, 1.54) is 13.0 Å². The second-order valence-electron chi connectivity index (χ2n) is 6.76. The highest BCUT2D eigenvalue weighted by molar-refractivity contribution is 6.33. The first kappa shape index (κ1) is 21.5. The zero-order chi connectivity index (χ0) is 19.5. The minimum atomic E-state index is -0.169. The number of guanidine groups is 1. The lowest BCUT2D eigenvalue weighted by molar-refractivity contribution is 0.0955. The van der Waals surface area contributed by atoms with Crippen molar-refractivity contribution in [3.05, 3.63) is 34.9 Å². The second kappa shape index (κ2) is 11.8. The highest BCUT2D eigenvalue weighted by Gasteiger charge is 2.19. The predicted octanol–water partition coefficient (Wildman–Crippen LogP) is 2.50. The summed E-state index contributed by atoms with van der Waals surface area (Å²) in [5, 5.41) is 10.1. The molecule has 0 atom stereocenters. The molecule has 0 saturated carbocycles. The van der Waals surface area contributed by atoms with Gasteiger partial charge in [-0.25, -0.2) is 0 Å². The van der Waals surface area contributed by atoms with Gasteiger partial charge in [0, 0.05) is 32.2 Å². The predicted molar refractivity (Wildman–Crippen MR) is 113 cm³/mol. The zero-order valence-corrected chi connectivity index (χ0v) is 17.2. The van der Waals surface area contributed by atoms with E-state index in [0.717, 1.165) is 38.4 Å². The van der Waals surface area contributed by atoms with Gasteiger partial charge < -0.3 is 20.9 Å². The molecular weight excluding hydrogens is 362 g/mol. The number of carbonyl (C=O) groups excluding carboxylic acids is 1. The van der Waals surface area contributed by atoms with Crippen LogP contribution < -0.4 is 16.0 Å². The topological polar surface area (TPSA) is 68.8 Å². The Labute approximate surface area is 167 Å². The van der Waals surface area contributed by atoms with Crippen molar-refractivity contribution in [2.75, 3.05) is 39.3 Å². The van der Waals surface area contributed by atoms with E-state index in [9.17, 15) is 4.79 Å². The molecule has 1 aromatic carbocycles. The first-order valence-electron chi connectivity index (χ1n) is 9.94. The Morgan fingerprint density at radius 3 is 2.63 bits per heavy atom. The molecule has 1 aliphatic rings. The van der Waals surface area contributed by atoms with Gasteiger partial charge in [0.15, 0.2) is 5.96 Å². The number of rotatable bonds is 8. The van der Waals surface area contributed by atoms with Crippen molar-refractivity contribution < 1.29 is 4.79 Å². The van der Waals surface area contributed by atoms with E-state index < -0.39 is 0 Å². The third-order valence-electron chi connectivity index (χ3n) is 4.60. The number of halogens is 1. The number of nitrogens with one attached hydrogen (secondary N) is 3. The molecule has 27 heavy (non-hydrogen) atoms. The van der Waals surface area contributed by atoms with Gasteiger partial charge in [0.05, 0.1) is 17.1 Å². The van der Waals surface area contributed by atoms with Crippen LogP contribution in [0.2, 0.25) is 5.02 Å². The number of piperidine rings is 1. The van der Waals surface area contributed by atoms with Crippen LogP contribution in [0.4, 0.5) is 0 Å². The van der Waals surface area contributed by atoms with Crippen molar-refractivity contribution in [1.82, 2.24) is 20.9 Å². The van der Waals surface area contributed by atoms with Crippen LogP contribution in [0.1, 0.15) is 43.5 Å². The lowest BCUT2D eigenvalue weighted by atomic mass is 10.1. The average Bonchev–Trinajstić information content (AvgIpc) is 2.67. The SMILES string of the molecule is CCCN1CCC(NC(=NCCNC(=O)c2ccccc2Cl)NCC)CC1. The quantitative estimate of drug-likeness (QED) is 0.360. The largest absolute Gasteiger partial charge is 0.357 e. The number of aliphatic imine (C=N–C) groups is 1. The summed E-state index contributed by atoms with van der Waals surface area (Å²) in [4.78, 5) is 19.3. The maximum absolute atomic E-state index is 12.2. The van der Waals surface area contributed by atoms with Crippen molar-refractivity contribution in [3.63, 3.8) is 0 Å². The number of nitrogens with zero attached hydrogens (tertiary/aromatic N) is 2. The third-order valence-corrected chi connectivity index (χ3v) is 4.93. The van der Waals surface area contributed by atoms with Crippen molar-refractivity contribution in [2.24, 2.45) is 4.99 Å². The fourth-order valence-electron chi connectivity index (χ4n) is 3.21. The summed E-state index contributed by atoms with van der Waals surface area (Å²) in [5.41, 5.74) is 0.493. The van der Waals surface area contributed by atoms with Crippen LogP contribution in [0.15, 0.2) is 29.3 Å². The molecule has 1 saturated heterocycles. The summed E-state index contributed by atoms with van der Waals surface area (Å²) >= 11 is 6.05. The van der Waals surface area contributed by atoms with Gasteiger partial charge in [-0.05, 0) is 44.9 Å². The maximum Gasteiger partial charge on any atom is 0.252 e. The van der Waals surface area contributed by atoms with E-state index in [4.69, 9.17) is 11.6 Å². The van der Waals surface area contributed by atoms with Gasteiger partial charge in [0.25, 0.3) is 5.91 Å². The lowest BCUT2D eigenvalue weighted by Crippen LogP contribution is -2.49. The summed E-state index contributed by atoms with van der Waals surface area (Å²) in [5.74, 6) is 0.649. The Kier molecular flexibility index (Phi) is 9.42. The number of hydrogen-bond acceptors (Lipinski definition) is 3. The Bertz CT molecular complexity index is 614. The van der Waals surface area contributed by atoms with Crippen molar-refractivity contribution in [3.8, 4) is 0 Å². The molecule has 3 N–H and O–H groups in total. The summed E-state index contributed by atoms with van der Waals surface area (Å²) in [7, 11) is 0. The van der Waals surface area contributed by atoms with Crippen LogP contribution in [-0.2, 0) is 0 Å². The molecule has 0 aliphatic carbocycles. The molecule has 1 amide bonds.